The van der Waals surface area contributed by atoms with Crippen molar-refractivity contribution in [3.63, 3.8) is 0 Å². The van der Waals surface area contributed by atoms with Crippen molar-refractivity contribution in [2.45, 2.75) is 19.6 Å². The van der Waals surface area contributed by atoms with E-state index in [1.54, 1.807) is 0 Å². The number of aliphatic hydroxyl groups excluding tert-OH is 1. The Morgan fingerprint density at radius 1 is 1.57 bits per heavy atom. The van der Waals surface area contributed by atoms with Crippen molar-refractivity contribution in [1.29, 1.82) is 0 Å². The topological polar surface area (TPSA) is 59.1 Å². The minimum atomic E-state index is -2.61. The largest absolute Gasteiger partial charge is 0.392 e. The van der Waals surface area contributed by atoms with Crippen LogP contribution in [0.5, 0.6) is 0 Å². The van der Waals surface area contributed by atoms with Gasteiger partial charge in [-0.1, -0.05) is 0 Å². The lowest BCUT2D eigenvalue weighted by Gasteiger charge is -2.11. The molecular weight excluding hydrogens is 305 g/mol. The molecule has 0 spiro atoms. The number of nitrogens with two attached hydrogens (primary N) is 1. The molecule has 0 bridgehead atoms. The standard InChI is InChI=1S/C8H9F2IN2O/c9-8(10)4-1-7(11)13-6(2-12)5(4)3-14/h1,8,14H,2-3,12H2. The molecule has 0 unspecified atom stereocenters. The summed E-state index contributed by atoms with van der Waals surface area (Å²) >= 11 is 1.84. The zero-order valence-corrected chi connectivity index (χ0v) is 9.33. The molecule has 0 saturated carbocycles. The van der Waals surface area contributed by atoms with Crippen LogP contribution in [0, 0.1) is 3.70 Å². The van der Waals surface area contributed by atoms with E-state index < -0.39 is 13.0 Å². The second kappa shape index (κ2) is 4.94. The lowest BCUT2D eigenvalue weighted by Crippen LogP contribution is -2.09. The van der Waals surface area contributed by atoms with E-state index in [9.17, 15) is 8.78 Å². The lowest BCUT2D eigenvalue weighted by atomic mass is 10.1. The summed E-state index contributed by atoms with van der Waals surface area (Å²) in [6.07, 6.45) is -2.61. The van der Waals surface area contributed by atoms with Crippen molar-refractivity contribution < 1.29 is 13.9 Å². The first kappa shape index (κ1) is 11.7. The van der Waals surface area contributed by atoms with Gasteiger partial charge in [0.15, 0.2) is 0 Å². The number of hydrogen-bond acceptors (Lipinski definition) is 3. The molecule has 0 saturated heterocycles. The van der Waals surface area contributed by atoms with Gasteiger partial charge in [0.25, 0.3) is 6.43 Å². The third-order valence-electron chi connectivity index (χ3n) is 1.80. The van der Waals surface area contributed by atoms with Crippen LogP contribution in [0.3, 0.4) is 0 Å². The van der Waals surface area contributed by atoms with Gasteiger partial charge in [0, 0.05) is 17.7 Å². The van der Waals surface area contributed by atoms with Gasteiger partial charge in [-0.25, -0.2) is 13.8 Å². The van der Waals surface area contributed by atoms with E-state index in [2.05, 4.69) is 4.98 Å². The molecular formula is C8H9F2IN2O. The molecule has 78 valence electrons. The Morgan fingerprint density at radius 2 is 2.21 bits per heavy atom. The van der Waals surface area contributed by atoms with E-state index in [-0.39, 0.29) is 17.7 Å². The molecule has 1 rings (SSSR count). The Morgan fingerprint density at radius 3 is 2.64 bits per heavy atom. The van der Waals surface area contributed by atoms with Crippen LogP contribution in [0.15, 0.2) is 6.07 Å². The fourth-order valence-corrected chi connectivity index (χ4v) is 1.78. The first-order valence-corrected chi connectivity index (χ1v) is 4.95. The van der Waals surface area contributed by atoms with Crippen LogP contribution in [0.25, 0.3) is 0 Å². The highest BCUT2D eigenvalue weighted by atomic mass is 127. The van der Waals surface area contributed by atoms with E-state index in [1.807, 2.05) is 22.6 Å². The Hall–Kier alpha value is -0.340. The third-order valence-corrected chi connectivity index (χ3v) is 2.35. The summed E-state index contributed by atoms with van der Waals surface area (Å²) in [5, 5.41) is 8.94. The fraction of sp³-hybridized carbons (Fsp3) is 0.375. The number of aromatic nitrogens is 1. The molecule has 0 aliphatic rings. The Bertz CT molecular complexity index is 333. The maximum atomic E-state index is 12.5. The summed E-state index contributed by atoms with van der Waals surface area (Å²) in [5.74, 6) is 0. The normalized spacial score (nSPS) is 11.0. The summed E-state index contributed by atoms with van der Waals surface area (Å²) in [6.45, 7) is -0.414. The molecule has 1 aromatic heterocycles. The molecule has 0 aromatic carbocycles. The average molecular weight is 314 g/mol. The quantitative estimate of drug-likeness (QED) is 0.658. The number of aliphatic hydroxyl groups is 1. The molecule has 0 aliphatic heterocycles. The van der Waals surface area contributed by atoms with Crippen molar-refractivity contribution in [2.75, 3.05) is 0 Å². The molecule has 1 aromatic rings. The van der Waals surface area contributed by atoms with Gasteiger partial charge in [0.2, 0.25) is 0 Å². The van der Waals surface area contributed by atoms with Crippen LogP contribution in [-0.4, -0.2) is 10.1 Å². The molecule has 3 nitrogen and oxygen atoms in total. The smallest absolute Gasteiger partial charge is 0.264 e. The second-order valence-corrected chi connectivity index (χ2v) is 3.73. The number of hydrogen-bond donors (Lipinski definition) is 2. The highest BCUT2D eigenvalue weighted by molar-refractivity contribution is 14.1. The first-order valence-electron chi connectivity index (χ1n) is 3.87. The summed E-state index contributed by atoms with van der Waals surface area (Å²) in [6, 6.07) is 1.26. The average Bonchev–Trinajstić information content (AvgIpc) is 2.16. The molecule has 1 heterocycles. The summed E-state index contributed by atoms with van der Waals surface area (Å²) < 4.78 is 25.5. The maximum absolute atomic E-state index is 12.5. The van der Waals surface area contributed by atoms with E-state index in [0.717, 1.165) is 0 Å². The van der Waals surface area contributed by atoms with Gasteiger partial charge >= 0.3 is 0 Å². The van der Waals surface area contributed by atoms with Crippen LogP contribution >= 0.6 is 22.6 Å². The lowest BCUT2D eigenvalue weighted by molar-refractivity contribution is 0.146. The molecule has 0 aliphatic carbocycles. The first-order chi connectivity index (χ1) is 6.60. The zero-order valence-electron chi connectivity index (χ0n) is 7.17. The van der Waals surface area contributed by atoms with Gasteiger partial charge in [-0.3, -0.25) is 0 Å². The van der Waals surface area contributed by atoms with E-state index in [0.29, 0.717) is 9.39 Å². The molecule has 0 fully saturated rings. The maximum Gasteiger partial charge on any atom is 0.264 e. The van der Waals surface area contributed by atoms with Crippen molar-refractivity contribution in [3.05, 3.63) is 26.6 Å². The molecule has 0 radical (unpaired) electrons. The molecule has 14 heavy (non-hydrogen) atoms. The van der Waals surface area contributed by atoms with Gasteiger partial charge in [0.1, 0.15) is 3.70 Å². The molecule has 3 N–H and O–H groups in total. The third kappa shape index (κ3) is 2.37. The Kier molecular flexibility index (Phi) is 4.14. The molecule has 0 atom stereocenters. The summed E-state index contributed by atoms with van der Waals surface area (Å²) in [5.41, 5.74) is 5.62. The van der Waals surface area contributed by atoms with Crippen molar-refractivity contribution in [1.82, 2.24) is 4.98 Å². The SMILES string of the molecule is NCc1nc(I)cc(C(F)F)c1CO. The number of rotatable bonds is 3. The Labute approximate surface area is 93.5 Å². The predicted octanol–water partition coefficient (Wildman–Crippen LogP) is 1.57. The van der Waals surface area contributed by atoms with Gasteiger partial charge in [0.05, 0.1) is 12.3 Å². The van der Waals surface area contributed by atoms with Gasteiger partial charge < -0.3 is 10.8 Å². The van der Waals surface area contributed by atoms with Crippen LogP contribution in [0.2, 0.25) is 0 Å². The van der Waals surface area contributed by atoms with E-state index >= 15 is 0 Å². The van der Waals surface area contributed by atoms with Crippen molar-refractivity contribution in [2.24, 2.45) is 5.73 Å². The van der Waals surface area contributed by atoms with Crippen molar-refractivity contribution in [3.8, 4) is 0 Å². The van der Waals surface area contributed by atoms with Gasteiger partial charge in [-0.05, 0) is 28.7 Å². The molecule has 6 heteroatoms. The highest BCUT2D eigenvalue weighted by Gasteiger charge is 2.17. The van der Waals surface area contributed by atoms with Crippen LogP contribution in [0.1, 0.15) is 23.2 Å². The van der Waals surface area contributed by atoms with Crippen LogP contribution in [0.4, 0.5) is 8.78 Å². The monoisotopic (exact) mass is 314 g/mol. The van der Waals surface area contributed by atoms with Gasteiger partial charge in [-0.15, -0.1) is 0 Å². The zero-order chi connectivity index (χ0) is 10.7. The number of alkyl halides is 2. The predicted molar refractivity (Wildman–Crippen MR) is 55.7 cm³/mol. The molecule has 0 amide bonds. The van der Waals surface area contributed by atoms with Gasteiger partial charge in [-0.2, -0.15) is 0 Å². The minimum Gasteiger partial charge on any atom is -0.392 e. The number of halogens is 3. The van der Waals surface area contributed by atoms with E-state index in [1.165, 1.54) is 6.07 Å². The second-order valence-electron chi connectivity index (χ2n) is 2.62. The highest BCUT2D eigenvalue weighted by Crippen LogP contribution is 2.26. The number of nitrogens with zero attached hydrogens (tertiary/aromatic N) is 1. The fourth-order valence-electron chi connectivity index (χ4n) is 1.16. The van der Waals surface area contributed by atoms with Crippen LogP contribution in [-0.2, 0) is 13.2 Å². The summed E-state index contributed by atoms with van der Waals surface area (Å²) in [7, 11) is 0. The Balaban J connectivity index is 3.31. The minimum absolute atomic E-state index is 0.0481. The van der Waals surface area contributed by atoms with Crippen molar-refractivity contribution >= 4 is 22.6 Å². The number of pyridine rings is 1. The van der Waals surface area contributed by atoms with E-state index in [4.69, 9.17) is 10.8 Å². The van der Waals surface area contributed by atoms with Crippen LogP contribution < -0.4 is 5.73 Å². The summed E-state index contributed by atoms with van der Waals surface area (Å²) in [4.78, 5) is 3.97.